The Labute approximate surface area is 76.5 Å². The van der Waals surface area contributed by atoms with Crippen molar-refractivity contribution in [3.05, 3.63) is 17.5 Å². The summed E-state index contributed by atoms with van der Waals surface area (Å²) in [5.74, 6) is 0. The van der Waals surface area contributed by atoms with Crippen molar-refractivity contribution in [2.75, 3.05) is 13.2 Å². The van der Waals surface area contributed by atoms with E-state index in [1.807, 2.05) is 24.4 Å². The highest BCUT2D eigenvalue weighted by atomic mass is 32.1. The Morgan fingerprint density at radius 3 is 2.58 bits per heavy atom. The van der Waals surface area contributed by atoms with Crippen molar-refractivity contribution in [1.82, 2.24) is 0 Å². The zero-order valence-corrected chi connectivity index (χ0v) is 8.13. The highest BCUT2D eigenvalue weighted by molar-refractivity contribution is 7.11. The largest absolute Gasteiger partial charge is 0.397 e. The maximum Gasteiger partial charge on any atom is 0.218 e. The third kappa shape index (κ3) is 6.15. The number of rotatable bonds is 3. The van der Waals surface area contributed by atoms with E-state index in [-0.39, 0.29) is 6.61 Å². The quantitative estimate of drug-likeness (QED) is 0.586. The molecule has 0 aromatic carbocycles. The molecule has 0 fully saturated rings. The molecule has 0 saturated carbocycles. The van der Waals surface area contributed by atoms with Crippen LogP contribution in [0.4, 0.5) is 0 Å². The maximum atomic E-state index is 7.57. The molecule has 0 spiro atoms. The van der Waals surface area contributed by atoms with Crippen LogP contribution in [0.2, 0.25) is 0 Å². The van der Waals surface area contributed by atoms with E-state index in [2.05, 4.69) is 4.89 Å². The molecular weight excluding hydrogens is 176 g/mol. The number of aliphatic hydroxyl groups excluding tert-OH is 1. The SMILES string of the molecule is CCO.CCOOc1cccs1. The lowest BCUT2D eigenvalue weighted by Crippen LogP contribution is -1.92. The van der Waals surface area contributed by atoms with E-state index in [1.165, 1.54) is 11.3 Å². The second-order valence-electron chi connectivity index (χ2n) is 1.74. The molecule has 0 atom stereocenters. The zero-order valence-electron chi connectivity index (χ0n) is 7.32. The lowest BCUT2D eigenvalue weighted by molar-refractivity contribution is -0.199. The molecule has 1 N–H and O–H groups in total. The van der Waals surface area contributed by atoms with Gasteiger partial charge in [0.25, 0.3) is 0 Å². The van der Waals surface area contributed by atoms with Gasteiger partial charge in [-0.15, -0.1) is 11.3 Å². The molecule has 4 heteroatoms. The molecule has 3 nitrogen and oxygen atoms in total. The second kappa shape index (κ2) is 8.52. The van der Waals surface area contributed by atoms with Crippen molar-refractivity contribution >= 4 is 11.3 Å². The molecule has 70 valence electrons. The summed E-state index contributed by atoms with van der Waals surface area (Å²) in [7, 11) is 0. The molecule has 0 amide bonds. The lowest BCUT2D eigenvalue weighted by atomic mass is 10.7. The summed E-state index contributed by atoms with van der Waals surface area (Å²) in [6, 6.07) is 3.78. The summed E-state index contributed by atoms with van der Waals surface area (Å²) in [5.41, 5.74) is 0. The molecule has 1 aromatic heterocycles. The van der Waals surface area contributed by atoms with Crippen LogP contribution in [-0.4, -0.2) is 18.3 Å². The Morgan fingerprint density at radius 2 is 2.17 bits per heavy atom. The first-order valence-corrected chi connectivity index (χ1v) is 4.66. The normalized spacial score (nSPS) is 8.58. The van der Waals surface area contributed by atoms with Gasteiger partial charge in [-0.2, -0.15) is 4.89 Å². The minimum absolute atomic E-state index is 0.250. The summed E-state index contributed by atoms with van der Waals surface area (Å²) in [6.45, 7) is 4.39. The Kier molecular flexibility index (Phi) is 8.10. The van der Waals surface area contributed by atoms with E-state index in [1.54, 1.807) is 6.92 Å². The topological polar surface area (TPSA) is 38.7 Å². The predicted octanol–water partition coefficient (Wildman–Crippen LogP) is 2.08. The van der Waals surface area contributed by atoms with Gasteiger partial charge in [-0.05, 0) is 31.4 Å². The molecule has 0 aliphatic carbocycles. The number of thiophene rings is 1. The smallest absolute Gasteiger partial charge is 0.218 e. The van der Waals surface area contributed by atoms with Crippen molar-refractivity contribution < 1.29 is 14.9 Å². The van der Waals surface area contributed by atoms with Crippen LogP contribution in [0.5, 0.6) is 5.06 Å². The van der Waals surface area contributed by atoms with Crippen molar-refractivity contribution in [2.24, 2.45) is 0 Å². The highest BCUT2D eigenvalue weighted by Crippen LogP contribution is 2.17. The summed E-state index contributed by atoms with van der Waals surface area (Å²) >= 11 is 1.52. The first-order valence-electron chi connectivity index (χ1n) is 3.79. The maximum absolute atomic E-state index is 7.57. The fraction of sp³-hybridized carbons (Fsp3) is 0.500. The minimum atomic E-state index is 0.250. The van der Waals surface area contributed by atoms with Crippen LogP contribution < -0.4 is 4.89 Å². The van der Waals surface area contributed by atoms with Gasteiger partial charge >= 0.3 is 0 Å². The Hall–Kier alpha value is -0.580. The predicted molar refractivity (Wildman–Crippen MR) is 49.3 cm³/mol. The molecule has 0 unspecified atom stereocenters. The van der Waals surface area contributed by atoms with Gasteiger partial charge in [-0.3, -0.25) is 0 Å². The van der Waals surface area contributed by atoms with E-state index < -0.39 is 0 Å². The molecular formula is C8H14O3S. The Morgan fingerprint density at radius 1 is 1.50 bits per heavy atom. The molecule has 0 aliphatic heterocycles. The van der Waals surface area contributed by atoms with Crippen LogP contribution in [0.3, 0.4) is 0 Å². The Bertz CT molecular complexity index is 163. The first kappa shape index (κ1) is 11.4. The van der Waals surface area contributed by atoms with Crippen LogP contribution in [-0.2, 0) is 4.89 Å². The summed E-state index contributed by atoms with van der Waals surface area (Å²) < 4.78 is 0. The summed E-state index contributed by atoms with van der Waals surface area (Å²) in [6.07, 6.45) is 0. The van der Waals surface area contributed by atoms with Gasteiger partial charge in [0.15, 0.2) is 0 Å². The third-order valence-corrected chi connectivity index (χ3v) is 1.48. The second-order valence-corrected chi connectivity index (χ2v) is 2.65. The van der Waals surface area contributed by atoms with Crippen molar-refractivity contribution in [2.45, 2.75) is 13.8 Å². The molecule has 0 aliphatic rings. The van der Waals surface area contributed by atoms with Crippen LogP contribution in [0.15, 0.2) is 17.5 Å². The molecule has 0 bridgehead atoms. The van der Waals surface area contributed by atoms with Gasteiger partial charge in [-0.1, -0.05) is 0 Å². The zero-order chi connectivity index (χ0) is 9.23. The highest BCUT2D eigenvalue weighted by Gasteiger charge is 1.90. The standard InChI is InChI=1S/C6H8O2S.C2H6O/c1-2-7-8-6-4-3-5-9-6;1-2-3/h3-5H,2H2,1H3;3H,2H2,1H3. The van der Waals surface area contributed by atoms with Crippen LogP contribution in [0.1, 0.15) is 13.8 Å². The lowest BCUT2D eigenvalue weighted by Gasteiger charge is -1.95. The average Bonchev–Trinajstić information content (AvgIpc) is 2.54. The fourth-order valence-electron chi connectivity index (χ4n) is 0.428. The number of aliphatic hydroxyl groups is 1. The van der Waals surface area contributed by atoms with Gasteiger partial charge in [0.1, 0.15) is 0 Å². The van der Waals surface area contributed by atoms with E-state index in [0.29, 0.717) is 6.61 Å². The molecule has 0 saturated heterocycles. The van der Waals surface area contributed by atoms with Crippen molar-refractivity contribution in [3.8, 4) is 5.06 Å². The van der Waals surface area contributed by atoms with Crippen LogP contribution in [0.25, 0.3) is 0 Å². The van der Waals surface area contributed by atoms with Crippen LogP contribution in [0, 0.1) is 0 Å². The molecule has 12 heavy (non-hydrogen) atoms. The molecule has 1 heterocycles. The van der Waals surface area contributed by atoms with Crippen molar-refractivity contribution in [1.29, 1.82) is 0 Å². The molecule has 0 radical (unpaired) electrons. The van der Waals surface area contributed by atoms with Crippen LogP contribution >= 0.6 is 11.3 Å². The van der Waals surface area contributed by atoms with Gasteiger partial charge in [-0.25, -0.2) is 0 Å². The van der Waals surface area contributed by atoms with Crippen molar-refractivity contribution in [3.63, 3.8) is 0 Å². The van der Waals surface area contributed by atoms with Gasteiger partial charge < -0.3 is 9.99 Å². The first-order chi connectivity index (χ1) is 5.85. The van der Waals surface area contributed by atoms with E-state index >= 15 is 0 Å². The fourth-order valence-corrected chi connectivity index (χ4v) is 0.964. The van der Waals surface area contributed by atoms with E-state index in [9.17, 15) is 0 Å². The molecule has 1 rings (SSSR count). The average molecular weight is 190 g/mol. The third-order valence-electron chi connectivity index (χ3n) is 0.754. The summed E-state index contributed by atoms with van der Waals surface area (Å²) in [5, 5.41) is 10.3. The summed E-state index contributed by atoms with van der Waals surface area (Å²) in [4.78, 5) is 9.50. The van der Waals surface area contributed by atoms with E-state index in [4.69, 9.17) is 9.99 Å². The minimum Gasteiger partial charge on any atom is -0.397 e. The molecule has 1 aromatic rings. The Balaban J connectivity index is 0.000000354. The number of hydrogen-bond acceptors (Lipinski definition) is 4. The number of hydrogen-bond donors (Lipinski definition) is 1. The van der Waals surface area contributed by atoms with Gasteiger partial charge in [0, 0.05) is 6.61 Å². The van der Waals surface area contributed by atoms with Gasteiger partial charge in [0.2, 0.25) is 5.06 Å². The van der Waals surface area contributed by atoms with E-state index in [0.717, 1.165) is 5.06 Å². The van der Waals surface area contributed by atoms with Gasteiger partial charge in [0.05, 0.1) is 6.61 Å². The monoisotopic (exact) mass is 190 g/mol.